The zero-order valence-electron chi connectivity index (χ0n) is 56.7. The van der Waals surface area contributed by atoms with Gasteiger partial charge in [-0.3, -0.25) is 0 Å². The fraction of sp³-hybridized carbons (Fsp3) is 0.220. The molecule has 10 heterocycles. The quantitative estimate of drug-likeness (QED) is 0.0668. The highest BCUT2D eigenvalue weighted by molar-refractivity contribution is 6.16. The lowest BCUT2D eigenvalue weighted by Crippen LogP contribution is -2.16. The Morgan fingerprint density at radius 1 is 0.389 bits per heavy atom. The number of ether oxygens (including phenoxy) is 3. The van der Waals surface area contributed by atoms with E-state index in [1.165, 1.54) is 11.1 Å². The summed E-state index contributed by atoms with van der Waals surface area (Å²) in [5.74, 6) is 0.521. The number of aliphatic imine (C=N–C) groups is 2. The number of nitrogens with zero attached hydrogens (tertiary/aromatic N) is 2. The van der Waals surface area contributed by atoms with Crippen molar-refractivity contribution in [3.8, 4) is 17.2 Å². The van der Waals surface area contributed by atoms with Gasteiger partial charge in [-0.05, 0) is 228 Å². The molecule has 13 heteroatoms. The average Bonchev–Trinajstić information content (AvgIpc) is 1.58. The van der Waals surface area contributed by atoms with Gasteiger partial charge in [-0.15, -0.1) is 0 Å². The lowest BCUT2D eigenvalue weighted by Gasteiger charge is -2.24. The molecule has 16 bridgehead atoms. The number of aromatic amines is 4. The molecule has 0 fully saturated rings. The first-order chi connectivity index (χ1) is 45.7. The van der Waals surface area contributed by atoms with E-state index in [-0.39, 0.29) is 12.1 Å². The highest BCUT2D eigenvalue weighted by Crippen LogP contribution is 2.53. The van der Waals surface area contributed by atoms with Gasteiger partial charge in [0, 0.05) is 73.5 Å². The largest absolute Gasteiger partial charge is 0.493 e. The molecule has 13 nitrogen and oxygen atoms in total. The maximum Gasteiger partial charge on any atom is 0.203 e. The van der Waals surface area contributed by atoms with E-state index >= 15 is 0 Å². The Kier molecular flexibility index (Phi) is 14.4. The second kappa shape index (κ2) is 22.7. The number of anilines is 2. The summed E-state index contributed by atoms with van der Waals surface area (Å²) in [6.07, 6.45) is 17.4. The minimum Gasteiger partial charge on any atom is -0.493 e. The molecule has 15 rings (SSSR count). The molecule has 0 saturated carbocycles. The van der Waals surface area contributed by atoms with E-state index in [0.717, 1.165) is 174 Å². The molecule has 0 saturated heterocycles. The zero-order chi connectivity index (χ0) is 66.3. The monoisotopic (exact) mass is 1250 g/mol. The van der Waals surface area contributed by atoms with Crippen molar-refractivity contribution in [2.75, 3.05) is 32.8 Å². The molecule has 0 spiro atoms. The number of methoxy groups -OCH3 is 3. The highest BCUT2D eigenvalue weighted by atomic mass is 16.5. The Balaban J connectivity index is 1.11. The minimum absolute atomic E-state index is 0.208. The van der Waals surface area contributed by atoms with Crippen molar-refractivity contribution in [3.05, 3.63) is 308 Å². The van der Waals surface area contributed by atoms with Crippen molar-refractivity contribution in [1.82, 2.24) is 30.6 Å². The second-order valence-electron chi connectivity index (χ2n) is 26.8. The van der Waals surface area contributed by atoms with E-state index in [9.17, 15) is 0 Å². The van der Waals surface area contributed by atoms with Crippen LogP contribution in [0, 0.1) is 83.1 Å². The summed E-state index contributed by atoms with van der Waals surface area (Å²) >= 11 is 0. The van der Waals surface area contributed by atoms with Crippen LogP contribution in [0.1, 0.15) is 169 Å². The molecule has 476 valence electrons. The van der Waals surface area contributed by atoms with Crippen LogP contribution in [-0.4, -0.2) is 52.7 Å². The van der Waals surface area contributed by atoms with Gasteiger partial charge >= 0.3 is 0 Å². The Morgan fingerprint density at radius 2 is 0.737 bits per heavy atom. The van der Waals surface area contributed by atoms with Crippen LogP contribution in [0.4, 0.5) is 11.4 Å². The molecular formula is C82H80N10O3. The van der Waals surface area contributed by atoms with Crippen molar-refractivity contribution >= 4 is 45.1 Å². The normalized spacial score (nSPS) is 20.0. The number of hydrogen-bond donors (Lipinski definition) is 8. The number of hydrogen-bond acceptors (Lipinski definition) is 9. The van der Waals surface area contributed by atoms with Gasteiger partial charge in [0.1, 0.15) is 0 Å². The van der Waals surface area contributed by atoms with E-state index in [1.54, 1.807) is 21.3 Å². The van der Waals surface area contributed by atoms with Gasteiger partial charge in [-0.2, -0.15) is 0 Å². The van der Waals surface area contributed by atoms with Crippen molar-refractivity contribution in [1.29, 1.82) is 0 Å². The molecule has 95 heavy (non-hydrogen) atoms. The first-order valence-corrected chi connectivity index (χ1v) is 32.7. The molecule has 0 amide bonds. The highest BCUT2D eigenvalue weighted by Gasteiger charge is 2.40. The number of aromatic nitrogens is 4. The molecular weight excluding hydrogens is 1170 g/mol. The first-order valence-electron chi connectivity index (χ1n) is 32.7. The fourth-order valence-electron chi connectivity index (χ4n) is 16.4. The third-order valence-corrected chi connectivity index (χ3v) is 20.0. The Labute approximate surface area is 555 Å². The minimum atomic E-state index is -0.834. The zero-order valence-corrected chi connectivity index (χ0v) is 56.7. The van der Waals surface area contributed by atoms with E-state index in [2.05, 4.69) is 235 Å². The molecule has 4 aromatic heterocycles. The molecule has 6 aliphatic rings. The summed E-state index contributed by atoms with van der Waals surface area (Å²) in [5.41, 5.74) is 53.5. The van der Waals surface area contributed by atoms with Crippen LogP contribution in [0.5, 0.6) is 17.2 Å². The van der Waals surface area contributed by atoms with Gasteiger partial charge in [-0.1, -0.05) is 82.9 Å². The molecule has 0 radical (unpaired) electrons. The number of rotatable bonds is 10. The number of aryl methyl sites for hydroxylation is 12. The maximum absolute atomic E-state index is 8.39. The van der Waals surface area contributed by atoms with Crippen molar-refractivity contribution in [2.24, 2.45) is 9.98 Å². The van der Waals surface area contributed by atoms with E-state index < -0.39 is 5.92 Å². The van der Waals surface area contributed by atoms with Crippen LogP contribution >= 0.6 is 0 Å². The summed E-state index contributed by atoms with van der Waals surface area (Å²) in [4.78, 5) is 27.7. The molecule has 10 N–H and O–H groups in total. The van der Waals surface area contributed by atoms with Crippen molar-refractivity contribution in [3.63, 3.8) is 0 Å². The van der Waals surface area contributed by atoms with Crippen LogP contribution in [0.3, 0.4) is 0 Å². The molecule has 2 atom stereocenters. The number of nitrogens with two attached hydrogens (primary N) is 2. The smallest absolute Gasteiger partial charge is 0.203 e. The number of fused-ring (bicyclic) bond motifs is 18. The maximum atomic E-state index is 8.39. The van der Waals surface area contributed by atoms with Crippen molar-refractivity contribution in [2.45, 2.75) is 101 Å². The molecule has 9 aromatic rings. The summed E-state index contributed by atoms with van der Waals surface area (Å²) < 4.78 is 18.8. The van der Waals surface area contributed by atoms with E-state index in [4.69, 9.17) is 35.7 Å². The predicted molar refractivity (Wildman–Crippen MR) is 387 cm³/mol. The fourth-order valence-corrected chi connectivity index (χ4v) is 16.4. The first kappa shape index (κ1) is 60.3. The second-order valence-corrected chi connectivity index (χ2v) is 26.8. The van der Waals surface area contributed by atoms with Crippen LogP contribution in [-0.2, 0) is 0 Å². The van der Waals surface area contributed by atoms with Gasteiger partial charge in [-0.25, -0.2) is 9.98 Å². The standard InChI is InChI=1S/C82H80N10O3/c1-38-28-42(5)65(43(6)29-38)70-55-20-16-51(85-55)53-18-22-59(87-53)72(67-46(9)32-40(3)33-47(67)10)80-76(83)74(78(91-80)61-26-24-57(70)89-61)69(50-36-63(93-13)82(95-15)64(37-50)94-14)75-77(84)81-73(68-48(11)34-41(4)35-49(68)12)60-23-19-54(88-60)52-17-21-56(86-52)71(58-25-27-62(90-58)79(75)92-81)66-44(7)30-39(2)31-45(66)8/h16-37,53-54,69,85-88,91-92H,83-84H2,1-15H3/b70-57+,71-58+,72-59-,73-60-. The third-order valence-electron chi connectivity index (χ3n) is 20.0. The molecule has 5 aromatic carbocycles. The SMILES string of the molecule is COc1cc(C(c2c3[nH]c(c2N)/C(c2c(C)cc(C)cc2C)=C2/C=CC(N2)c2ccc([nH]2)/C(c2c(C)cc(C)cc2C)=C2/C=CC3=N2)c2c3[nH]c(c2N)/C(c2c(C)cc(C)cc2C)=C2/C=CC(N2)c2ccc([nH]2)/C(c2c(C)cc(C)cc2C)=C2/C=CC3=N2)cc(OC)c1OC. The van der Waals surface area contributed by atoms with Gasteiger partial charge in [0.25, 0.3) is 0 Å². The van der Waals surface area contributed by atoms with Gasteiger partial charge < -0.3 is 56.2 Å². The Hall–Kier alpha value is -10.9. The van der Waals surface area contributed by atoms with Gasteiger partial charge in [0.2, 0.25) is 5.75 Å². The van der Waals surface area contributed by atoms with Gasteiger partial charge in [0.15, 0.2) is 11.5 Å². The van der Waals surface area contributed by atoms with Crippen LogP contribution < -0.4 is 36.3 Å². The topological polar surface area (TPSA) is 192 Å². The lowest BCUT2D eigenvalue weighted by atomic mass is 9.80. The Morgan fingerprint density at radius 3 is 1.07 bits per heavy atom. The number of H-pyrrole nitrogens is 4. The summed E-state index contributed by atoms with van der Waals surface area (Å²) in [7, 11) is 4.93. The van der Waals surface area contributed by atoms with E-state index in [0.29, 0.717) is 51.4 Å². The number of nitrogen functional groups attached to an aromatic ring is 2. The van der Waals surface area contributed by atoms with Crippen molar-refractivity contribution < 1.29 is 14.2 Å². The van der Waals surface area contributed by atoms with Gasteiger partial charge in [0.05, 0.1) is 90.4 Å². The summed E-state index contributed by atoms with van der Waals surface area (Å²) in [6.45, 7) is 26.1. The summed E-state index contributed by atoms with van der Waals surface area (Å²) in [6, 6.07) is 30.4. The lowest BCUT2D eigenvalue weighted by molar-refractivity contribution is 0.323. The summed E-state index contributed by atoms with van der Waals surface area (Å²) in [5, 5.41) is 8.03. The molecule has 6 aliphatic heterocycles. The number of nitrogens with one attached hydrogen (secondary N) is 6. The van der Waals surface area contributed by atoms with E-state index in [1.807, 2.05) is 12.1 Å². The number of benzene rings is 5. The van der Waals surface area contributed by atoms with Crippen LogP contribution in [0.25, 0.3) is 22.3 Å². The Bertz CT molecular complexity index is 4790. The molecule has 0 aliphatic carbocycles. The third kappa shape index (κ3) is 9.72. The average molecular weight is 1250 g/mol. The van der Waals surface area contributed by atoms with Crippen LogP contribution in [0.2, 0.25) is 0 Å². The molecule has 2 unspecified atom stereocenters. The van der Waals surface area contributed by atoms with Crippen LogP contribution in [0.15, 0.2) is 166 Å². The number of allylic oxidation sites excluding steroid dienone is 6. The predicted octanol–water partition coefficient (Wildman–Crippen LogP) is 16.7.